The van der Waals surface area contributed by atoms with Gasteiger partial charge in [-0.05, 0) is 4.57 Å². The maximum atomic E-state index is 10.5. The van der Waals surface area contributed by atoms with Crippen LogP contribution in [0, 0.1) is 0 Å². The summed E-state index contributed by atoms with van der Waals surface area (Å²) in [5.41, 5.74) is 0. The predicted molar refractivity (Wildman–Crippen MR) is 30.9 cm³/mol. The minimum atomic E-state index is -1.91. The first-order valence-electron chi connectivity index (χ1n) is 2.22. The van der Waals surface area contributed by atoms with E-state index in [1.807, 2.05) is 0 Å². The average Bonchev–Trinajstić information content (AvgIpc) is 1.62. The van der Waals surface area contributed by atoms with Crippen molar-refractivity contribution >= 4 is 8.03 Å². The molecule has 0 aromatic rings. The molecule has 1 atom stereocenters. The van der Waals surface area contributed by atoms with E-state index in [9.17, 15) is 4.57 Å². The van der Waals surface area contributed by atoms with Gasteiger partial charge in [-0.2, -0.15) is 0 Å². The molecule has 0 aliphatic heterocycles. The molecular weight excluding hydrogens is 127 g/mol. The fraction of sp³-hybridized carbons (Fsp3) is 1.00. The molecule has 0 bridgehead atoms. The Bertz CT molecular complexity index is 93.9. The van der Waals surface area contributed by atoms with Gasteiger partial charge in [-0.1, -0.05) is 0 Å². The highest BCUT2D eigenvalue weighted by Crippen LogP contribution is 2.35. The first kappa shape index (κ1) is 8.02. The smallest absolute Gasteiger partial charge is 0.347 e. The van der Waals surface area contributed by atoms with E-state index in [1.165, 1.54) is 21.0 Å². The highest BCUT2D eigenvalue weighted by Gasteiger charge is 2.38. The summed E-state index contributed by atoms with van der Waals surface area (Å²) >= 11 is 0. The Morgan fingerprint density at radius 1 is 1.62 bits per heavy atom. The van der Waals surface area contributed by atoms with Crippen molar-refractivity contribution in [2.24, 2.45) is 0 Å². The van der Waals surface area contributed by atoms with E-state index in [4.69, 9.17) is 5.11 Å². The van der Waals surface area contributed by atoms with Gasteiger partial charge >= 0.3 is 8.03 Å². The molecule has 48 valence electrons. The van der Waals surface area contributed by atoms with E-state index in [0.29, 0.717) is 0 Å². The zero-order chi connectivity index (χ0) is 6.78. The van der Waals surface area contributed by atoms with Crippen LogP contribution in [0.5, 0.6) is 0 Å². The van der Waals surface area contributed by atoms with E-state index in [2.05, 4.69) is 4.52 Å². The van der Waals surface area contributed by atoms with Crippen LogP contribution in [0.2, 0.25) is 0 Å². The molecule has 1 unspecified atom stereocenters. The van der Waals surface area contributed by atoms with E-state index in [0.717, 1.165) is 0 Å². The molecule has 0 heterocycles. The molecular formula is C4H10O3P+. The standard InChI is InChI=1S/C4H10O3P/c1-4(2,5)8(6)7-3/h5H,1-3H3/q+1. The summed E-state index contributed by atoms with van der Waals surface area (Å²) in [5.74, 6) is 0. The summed E-state index contributed by atoms with van der Waals surface area (Å²) in [6.45, 7) is 2.88. The molecule has 1 N–H and O–H groups in total. The lowest BCUT2D eigenvalue weighted by Crippen LogP contribution is -2.12. The monoisotopic (exact) mass is 137 g/mol. The lowest BCUT2D eigenvalue weighted by Gasteiger charge is -1.98. The summed E-state index contributed by atoms with van der Waals surface area (Å²) in [4.78, 5) is 0. The summed E-state index contributed by atoms with van der Waals surface area (Å²) in [7, 11) is -0.612. The number of rotatable bonds is 2. The topological polar surface area (TPSA) is 46.5 Å². The largest absolute Gasteiger partial charge is 0.542 e. The maximum absolute atomic E-state index is 10.5. The van der Waals surface area contributed by atoms with Gasteiger partial charge in [-0.3, -0.25) is 0 Å². The Balaban J connectivity index is 3.82. The molecule has 0 rings (SSSR count). The molecule has 8 heavy (non-hydrogen) atoms. The zero-order valence-corrected chi connectivity index (χ0v) is 6.11. The van der Waals surface area contributed by atoms with Gasteiger partial charge in [0.1, 0.15) is 0 Å². The fourth-order valence-electron chi connectivity index (χ4n) is 0.223. The molecule has 0 amide bonds. The van der Waals surface area contributed by atoms with E-state index < -0.39 is 13.4 Å². The van der Waals surface area contributed by atoms with E-state index >= 15 is 0 Å². The first-order chi connectivity index (χ1) is 3.48. The Labute approximate surface area is 49.5 Å². The van der Waals surface area contributed by atoms with Crippen molar-refractivity contribution in [2.45, 2.75) is 19.2 Å². The van der Waals surface area contributed by atoms with Gasteiger partial charge in [0.2, 0.25) is 0 Å². The van der Waals surface area contributed by atoms with Crippen LogP contribution in [0.15, 0.2) is 0 Å². The summed E-state index contributed by atoms with van der Waals surface area (Å²) in [6, 6.07) is 0. The quantitative estimate of drug-likeness (QED) is 0.579. The van der Waals surface area contributed by atoms with E-state index in [1.54, 1.807) is 0 Å². The van der Waals surface area contributed by atoms with Crippen LogP contribution in [0.25, 0.3) is 0 Å². The van der Waals surface area contributed by atoms with Gasteiger partial charge in [-0.25, -0.2) is 0 Å². The Morgan fingerprint density at radius 2 is 2.00 bits per heavy atom. The SMILES string of the molecule is CO[P+](=O)C(C)(C)O. The molecule has 0 saturated carbocycles. The highest BCUT2D eigenvalue weighted by molar-refractivity contribution is 7.40. The fourth-order valence-corrected chi connectivity index (χ4v) is 0.670. The van der Waals surface area contributed by atoms with E-state index in [-0.39, 0.29) is 0 Å². The molecule has 0 aromatic carbocycles. The lowest BCUT2D eigenvalue weighted by molar-refractivity contribution is 0.150. The van der Waals surface area contributed by atoms with Crippen LogP contribution >= 0.6 is 8.03 Å². The zero-order valence-electron chi connectivity index (χ0n) is 5.21. The third-order valence-corrected chi connectivity index (χ3v) is 1.84. The average molecular weight is 137 g/mol. The van der Waals surface area contributed by atoms with Crippen molar-refractivity contribution in [2.75, 3.05) is 7.11 Å². The molecule has 4 heteroatoms. The van der Waals surface area contributed by atoms with Gasteiger partial charge in [0.05, 0.1) is 7.11 Å². The van der Waals surface area contributed by atoms with Crippen LogP contribution in [-0.4, -0.2) is 17.6 Å². The lowest BCUT2D eigenvalue weighted by atomic mass is 10.5. The molecule has 0 saturated heterocycles. The number of hydrogen-bond donors (Lipinski definition) is 1. The van der Waals surface area contributed by atoms with Crippen LogP contribution in [0.4, 0.5) is 0 Å². The van der Waals surface area contributed by atoms with Crippen molar-refractivity contribution < 1.29 is 14.2 Å². The van der Waals surface area contributed by atoms with Crippen LogP contribution < -0.4 is 0 Å². The van der Waals surface area contributed by atoms with Crippen molar-refractivity contribution in [1.29, 1.82) is 0 Å². The van der Waals surface area contributed by atoms with Crippen LogP contribution in [0.1, 0.15) is 13.8 Å². The minimum absolute atomic E-state index is 1.20. The van der Waals surface area contributed by atoms with Gasteiger partial charge in [-0.15, -0.1) is 4.52 Å². The normalized spacial score (nSPS) is 13.8. The third-order valence-electron chi connectivity index (χ3n) is 0.613. The van der Waals surface area contributed by atoms with Gasteiger partial charge in [0, 0.05) is 13.8 Å². The van der Waals surface area contributed by atoms with Crippen molar-refractivity contribution in [1.82, 2.24) is 0 Å². The Hall–Kier alpha value is 0.0200. The second-order valence-corrected chi connectivity index (χ2v) is 3.91. The minimum Gasteiger partial charge on any atom is -0.347 e. The summed E-state index contributed by atoms with van der Waals surface area (Å²) in [5, 5.41) is 7.67. The predicted octanol–water partition coefficient (Wildman–Crippen LogP) is 1.10. The second kappa shape index (κ2) is 2.53. The number of hydrogen-bond acceptors (Lipinski definition) is 3. The van der Waals surface area contributed by atoms with Crippen molar-refractivity contribution in [3.05, 3.63) is 0 Å². The molecule has 0 aliphatic rings. The highest BCUT2D eigenvalue weighted by atomic mass is 31.1. The van der Waals surface area contributed by atoms with Crippen molar-refractivity contribution in [3.8, 4) is 0 Å². The molecule has 3 nitrogen and oxygen atoms in total. The molecule has 0 radical (unpaired) electrons. The number of aliphatic hydroxyl groups is 1. The van der Waals surface area contributed by atoms with Crippen molar-refractivity contribution in [3.63, 3.8) is 0 Å². The molecule has 0 aliphatic carbocycles. The molecule has 0 spiro atoms. The van der Waals surface area contributed by atoms with Crippen LogP contribution in [-0.2, 0) is 9.09 Å². The molecule has 0 aromatic heterocycles. The summed E-state index contributed by atoms with van der Waals surface area (Å²) in [6.07, 6.45) is 0. The first-order valence-corrected chi connectivity index (χ1v) is 3.40. The van der Waals surface area contributed by atoms with Crippen LogP contribution in [0.3, 0.4) is 0 Å². The summed E-state index contributed by atoms with van der Waals surface area (Å²) < 4.78 is 14.9. The van der Waals surface area contributed by atoms with Gasteiger partial charge < -0.3 is 5.11 Å². The third kappa shape index (κ3) is 2.36. The van der Waals surface area contributed by atoms with Gasteiger partial charge in [0.25, 0.3) is 5.34 Å². The Morgan fingerprint density at radius 3 is 2.00 bits per heavy atom. The maximum Gasteiger partial charge on any atom is 0.542 e. The Kier molecular flexibility index (Phi) is 2.54. The second-order valence-electron chi connectivity index (χ2n) is 1.93. The molecule has 0 fully saturated rings. The van der Waals surface area contributed by atoms with Gasteiger partial charge in [0.15, 0.2) is 0 Å².